The highest BCUT2D eigenvalue weighted by Crippen LogP contribution is 2.34. The van der Waals surface area contributed by atoms with Gasteiger partial charge in [0.05, 0.1) is 0 Å². The molecule has 1 aliphatic rings. The van der Waals surface area contributed by atoms with Gasteiger partial charge in [-0.3, -0.25) is 0 Å². The number of rotatable bonds is 14. The van der Waals surface area contributed by atoms with Crippen molar-refractivity contribution in [2.24, 2.45) is 0 Å². The van der Waals surface area contributed by atoms with E-state index < -0.39 is 5.79 Å². The molecule has 1 aromatic carbocycles. The third-order valence-corrected chi connectivity index (χ3v) is 5.36. The van der Waals surface area contributed by atoms with Crippen LogP contribution in [0.2, 0.25) is 0 Å². The average molecular weight is 433 g/mol. The second-order valence-electron chi connectivity index (χ2n) is 8.11. The smallest absolute Gasteiger partial charge is 0.208 e. The van der Waals surface area contributed by atoms with Crippen molar-refractivity contribution in [1.82, 2.24) is 0 Å². The number of aliphatic hydroxyl groups is 1. The molecule has 0 spiro atoms. The molecule has 32 heavy (non-hydrogen) atoms. The summed E-state index contributed by atoms with van der Waals surface area (Å²) in [6.45, 7) is 2.16. The highest BCUT2D eigenvalue weighted by Gasteiger charge is 2.32. The molecule has 0 saturated carbocycles. The molecule has 1 heterocycles. The molecule has 1 unspecified atom stereocenters. The molecule has 0 bridgehead atoms. The van der Waals surface area contributed by atoms with Gasteiger partial charge < -0.3 is 9.84 Å². The monoisotopic (exact) mass is 432 g/mol. The predicted octanol–water partition coefficient (Wildman–Crippen LogP) is 8.18. The molecule has 2 rings (SSSR count). The van der Waals surface area contributed by atoms with Gasteiger partial charge >= 0.3 is 0 Å². The van der Waals surface area contributed by atoms with E-state index in [0.717, 1.165) is 57.1 Å². The van der Waals surface area contributed by atoms with Crippen LogP contribution in [0.1, 0.15) is 70.3 Å². The lowest BCUT2D eigenvalue weighted by molar-refractivity contribution is -0.154. The van der Waals surface area contributed by atoms with Gasteiger partial charge in [-0.15, -0.1) is 0 Å². The first-order valence-electron chi connectivity index (χ1n) is 12.1. The maximum Gasteiger partial charge on any atom is 0.208 e. The number of para-hydroxylation sites is 1. The van der Waals surface area contributed by atoms with Crippen molar-refractivity contribution < 1.29 is 9.84 Å². The number of hydrogen-bond acceptors (Lipinski definition) is 2. The fourth-order valence-corrected chi connectivity index (χ4v) is 3.52. The number of aryl methyl sites for hydroxylation is 1. The standard InChI is InChI=1S/C30H40O2/c1-2-3-4-5-6-7-8-9-10-11-12-13-14-15-16-17-18-19-22-26-30(31)27-25-28-23-20-21-24-29(28)32-30/h3-4,6-7,9-10,12-13,15-16,18-21,23-24,31H,2,5,8,11,14,17,22,25-27H2,1H3/b4-3-,7-6-,10-9-,13-12-,16-15-,19-18-. The Morgan fingerprint density at radius 3 is 1.81 bits per heavy atom. The lowest BCUT2D eigenvalue weighted by Gasteiger charge is -2.34. The summed E-state index contributed by atoms with van der Waals surface area (Å²) in [6.07, 6.45) is 35.4. The van der Waals surface area contributed by atoms with E-state index in [1.165, 1.54) is 5.56 Å². The van der Waals surface area contributed by atoms with Gasteiger partial charge in [-0.2, -0.15) is 0 Å². The second-order valence-corrected chi connectivity index (χ2v) is 8.11. The van der Waals surface area contributed by atoms with Crippen molar-refractivity contribution in [2.75, 3.05) is 0 Å². The Hall–Kier alpha value is -2.58. The molecular formula is C30H40O2. The molecule has 0 fully saturated rings. The molecule has 172 valence electrons. The Kier molecular flexibility index (Phi) is 12.9. The number of ether oxygens (including phenoxy) is 1. The van der Waals surface area contributed by atoms with E-state index in [1.54, 1.807) is 0 Å². The van der Waals surface area contributed by atoms with Crippen LogP contribution in [0.25, 0.3) is 0 Å². The Morgan fingerprint density at radius 2 is 1.25 bits per heavy atom. The van der Waals surface area contributed by atoms with E-state index in [9.17, 15) is 5.11 Å². The van der Waals surface area contributed by atoms with E-state index in [1.807, 2.05) is 18.2 Å². The maximum absolute atomic E-state index is 10.7. The van der Waals surface area contributed by atoms with Crippen molar-refractivity contribution in [2.45, 2.75) is 76.9 Å². The zero-order chi connectivity index (χ0) is 22.7. The molecule has 0 saturated heterocycles. The highest BCUT2D eigenvalue weighted by molar-refractivity contribution is 5.35. The number of allylic oxidation sites excluding steroid dienone is 12. The minimum absolute atomic E-state index is 0.628. The minimum atomic E-state index is -1.03. The molecule has 1 atom stereocenters. The van der Waals surface area contributed by atoms with Gasteiger partial charge in [-0.25, -0.2) is 0 Å². The van der Waals surface area contributed by atoms with Crippen LogP contribution in [0.3, 0.4) is 0 Å². The number of fused-ring (bicyclic) bond motifs is 1. The molecule has 2 heteroatoms. The van der Waals surface area contributed by atoms with Crippen LogP contribution >= 0.6 is 0 Å². The van der Waals surface area contributed by atoms with Crippen LogP contribution < -0.4 is 4.74 Å². The first-order valence-corrected chi connectivity index (χ1v) is 12.1. The van der Waals surface area contributed by atoms with Gasteiger partial charge in [-0.05, 0) is 63.0 Å². The zero-order valence-electron chi connectivity index (χ0n) is 19.7. The summed E-state index contributed by atoms with van der Waals surface area (Å²) in [6, 6.07) is 7.98. The van der Waals surface area contributed by atoms with Gasteiger partial charge in [0.1, 0.15) is 5.75 Å². The first kappa shape index (κ1) is 25.7. The Balaban J connectivity index is 1.49. The molecule has 0 aliphatic carbocycles. The SMILES string of the molecule is CC/C=C\C/C=C\C/C=C\C/C=C\C/C=C\C/C=C\CCC1(O)CCc2ccccc2O1. The Morgan fingerprint density at radius 1 is 0.750 bits per heavy atom. The van der Waals surface area contributed by atoms with Crippen molar-refractivity contribution in [1.29, 1.82) is 0 Å². The third-order valence-electron chi connectivity index (χ3n) is 5.36. The highest BCUT2D eigenvalue weighted by atomic mass is 16.6. The quantitative estimate of drug-likeness (QED) is 0.300. The first-order chi connectivity index (χ1) is 15.7. The molecule has 1 aromatic rings. The predicted molar refractivity (Wildman–Crippen MR) is 138 cm³/mol. The second kappa shape index (κ2) is 16.1. The van der Waals surface area contributed by atoms with Gasteiger partial charge in [0, 0.05) is 12.8 Å². The minimum Gasteiger partial charge on any atom is -0.462 e. The normalized spacial score (nSPS) is 19.3. The third kappa shape index (κ3) is 11.2. The lowest BCUT2D eigenvalue weighted by Crippen LogP contribution is -2.39. The Labute approximate surface area is 195 Å². The van der Waals surface area contributed by atoms with Crippen molar-refractivity contribution in [3.8, 4) is 5.75 Å². The molecule has 1 aliphatic heterocycles. The lowest BCUT2D eigenvalue weighted by atomic mass is 9.96. The van der Waals surface area contributed by atoms with Crippen LogP contribution in [-0.4, -0.2) is 10.9 Å². The van der Waals surface area contributed by atoms with Crippen LogP contribution in [0, 0.1) is 0 Å². The summed E-state index contributed by atoms with van der Waals surface area (Å²) < 4.78 is 5.85. The van der Waals surface area contributed by atoms with Crippen LogP contribution in [0.4, 0.5) is 0 Å². The molecular weight excluding hydrogens is 392 g/mol. The van der Waals surface area contributed by atoms with E-state index in [4.69, 9.17) is 4.74 Å². The topological polar surface area (TPSA) is 29.5 Å². The van der Waals surface area contributed by atoms with Crippen LogP contribution in [0.15, 0.2) is 97.2 Å². The Bertz CT molecular complexity index is 810. The average Bonchev–Trinajstić information content (AvgIpc) is 2.80. The van der Waals surface area contributed by atoms with Crippen LogP contribution in [0.5, 0.6) is 5.75 Å². The molecule has 0 amide bonds. The summed E-state index contributed by atoms with van der Waals surface area (Å²) in [5.41, 5.74) is 1.19. The van der Waals surface area contributed by atoms with E-state index in [2.05, 4.69) is 85.9 Å². The van der Waals surface area contributed by atoms with Gasteiger partial charge in [0.25, 0.3) is 0 Å². The molecule has 2 nitrogen and oxygen atoms in total. The fraction of sp³-hybridized carbons (Fsp3) is 0.400. The number of benzene rings is 1. The summed E-state index contributed by atoms with van der Waals surface area (Å²) in [4.78, 5) is 0. The van der Waals surface area contributed by atoms with E-state index >= 15 is 0 Å². The van der Waals surface area contributed by atoms with Gasteiger partial charge in [0.2, 0.25) is 5.79 Å². The van der Waals surface area contributed by atoms with Crippen molar-refractivity contribution in [3.63, 3.8) is 0 Å². The molecule has 1 N–H and O–H groups in total. The summed E-state index contributed by atoms with van der Waals surface area (Å²) in [5.74, 6) is -0.209. The number of hydrogen-bond donors (Lipinski definition) is 1. The molecule has 0 radical (unpaired) electrons. The fourth-order valence-electron chi connectivity index (χ4n) is 3.52. The van der Waals surface area contributed by atoms with E-state index in [-0.39, 0.29) is 0 Å². The largest absolute Gasteiger partial charge is 0.462 e. The van der Waals surface area contributed by atoms with Crippen molar-refractivity contribution >= 4 is 0 Å². The molecule has 0 aromatic heterocycles. The summed E-state index contributed by atoms with van der Waals surface area (Å²) in [5, 5.41) is 10.7. The summed E-state index contributed by atoms with van der Waals surface area (Å²) >= 11 is 0. The van der Waals surface area contributed by atoms with Crippen LogP contribution in [-0.2, 0) is 6.42 Å². The maximum atomic E-state index is 10.7. The van der Waals surface area contributed by atoms with Crippen molar-refractivity contribution in [3.05, 3.63) is 103 Å². The van der Waals surface area contributed by atoms with Gasteiger partial charge in [-0.1, -0.05) is 98.0 Å². The van der Waals surface area contributed by atoms with E-state index in [0.29, 0.717) is 12.8 Å². The van der Waals surface area contributed by atoms with Gasteiger partial charge in [0.15, 0.2) is 0 Å². The zero-order valence-corrected chi connectivity index (χ0v) is 19.7. The summed E-state index contributed by atoms with van der Waals surface area (Å²) in [7, 11) is 0.